The Bertz CT molecular complexity index is 459. The number of aryl methyl sites for hydroxylation is 1. The molecule has 0 aliphatic carbocycles. The molecule has 98 valence electrons. The number of aliphatic carboxylic acids is 1. The van der Waals surface area contributed by atoms with Gasteiger partial charge in [-0.15, -0.1) is 0 Å². The van der Waals surface area contributed by atoms with Gasteiger partial charge in [-0.2, -0.15) is 0 Å². The summed E-state index contributed by atoms with van der Waals surface area (Å²) in [5, 5.41) is 22.7. The Kier molecular flexibility index (Phi) is 4.65. The average molecular weight is 252 g/mol. The molecule has 6 nitrogen and oxygen atoms in total. The van der Waals surface area contributed by atoms with Gasteiger partial charge in [-0.1, -0.05) is 19.1 Å². The van der Waals surface area contributed by atoms with E-state index >= 15 is 0 Å². The van der Waals surface area contributed by atoms with E-state index in [1.807, 2.05) is 0 Å². The molecule has 0 heterocycles. The van der Waals surface area contributed by atoms with Crippen molar-refractivity contribution in [2.75, 3.05) is 11.9 Å². The summed E-state index contributed by atoms with van der Waals surface area (Å²) in [6.45, 7) is 3.60. The number of benzene rings is 1. The number of nitro groups is 1. The Hall–Kier alpha value is -2.11. The fraction of sp³-hybridized carbons (Fsp3) is 0.417. The van der Waals surface area contributed by atoms with Crippen LogP contribution in [-0.2, 0) is 4.79 Å². The van der Waals surface area contributed by atoms with E-state index in [1.54, 1.807) is 32.0 Å². The standard InChI is InChI=1S/C12H16N2O4/c1-3-9(12(15)16)7-13-10-6-4-5-8(2)11(10)14(17)18/h4-6,9,13H,3,7H2,1-2H3,(H,15,16). The Labute approximate surface area is 105 Å². The molecule has 18 heavy (non-hydrogen) atoms. The number of carboxylic acid groups (broad SMARTS) is 1. The number of anilines is 1. The highest BCUT2D eigenvalue weighted by Crippen LogP contribution is 2.28. The highest BCUT2D eigenvalue weighted by molar-refractivity contribution is 5.71. The van der Waals surface area contributed by atoms with Gasteiger partial charge in [0.1, 0.15) is 5.69 Å². The quantitative estimate of drug-likeness (QED) is 0.599. The van der Waals surface area contributed by atoms with Crippen LogP contribution in [0.1, 0.15) is 18.9 Å². The molecule has 1 unspecified atom stereocenters. The summed E-state index contributed by atoms with van der Waals surface area (Å²) in [6, 6.07) is 4.93. The molecule has 0 saturated heterocycles. The van der Waals surface area contributed by atoms with Gasteiger partial charge in [0.15, 0.2) is 0 Å². The van der Waals surface area contributed by atoms with Gasteiger partial charge in [-0.3, -0.25) is 14.9 Å². The summed E-state index contributed by atoms with van der Waals surface area (Å²) in [5.41, 5.74) is 0.908. The molecule has 0 radical (unpaired) electrons. The lowest BCUT2D eigenvalue weighted by molar-refractivity contribution is -0.384. The maximum atomic E-state index is 10.9. The van der Waals surface area contributed by atoms with E-state index in [0.717, 1.165) is 0 Å². The van der Waals surface area contributed by atoms with Gasteiger partial charge in [0.25, 0.3) is 5.69 Å². The fourth-order valence-corrected chi connectivity index (χ4v) is 1.68. The van der Waals surface area contributed by atoms with Crippen LogP contribution in [0.5, 0.6) is 0 Å². The lowest BCUT2D eigenvalue weighted by Crippen LogP contribution is -2.22. The Morgan fingerprint density at radius 3 is 2.72 bits per heavy atom. The maximum absolute atomic E-state index is 10.9. The van der Waals surface area contributed by atoms with Crippen molar-refractivity contribution in [2.24, 2.45) is 5.92 Å². The maximum Gasteiger partial charge on any atom is 0.308 e. The van der Waals surface area contributed by atoms with Gasteiger partial charge in [0.05, 0.1) is 10.8 Å². The summed E-state index contributed by atoms with van der Waals surface area (Å²) in [5.74, 6) is -1.45. The van der Waals surface area contributed by atoms with Gasteiger partial charge in [0.2, 0.25) is 0 Å². The average Bonchev–Trinajstić information content (AvgIpc) is 2.28. The van der Waals surface area contributed by atoms with Crippen LogP contribution in [0.3, 0.4) is 0 Å². The number of hydrogen-bond acceptors (Lipinski definition) is 4. The minimum absolute atomic E-state index is 0.00209. The van der Waals surface area contributed by atoms with Crippen molar-refractivity contribution in [3.8, 4) is 0 Å². The molecular formula is C12H16N2O4. The number of nitro benzene ring substituents is 1. The lowest BCUT2D eigenvalue weighted by atomic mass is 10.1. The highest BCUT2D eigenvalue weighted by atomic mass is 16.6. The van der Waals surface area contributed by atoms with Crippen LogP contribution in [0.2, 0.25) is 0 Å². The number of rotatable bonds is 6. The van der Waals surface area contributed by atoms with Crippen LogP contribution in [0.25, 0.3) is 0 Å². The second kappa shape index (κ2) is 6.00. The molecule has 0 aliphatic rings. The van der Waals surface area contributed by atoms with Crippen LogP contribution in [0.15, 0.2) is 18.2 Å². The Morgan fingerprint density at radius 2 is 2.22 bits per heavy atom. The first-order valence-electron chi connectivity index (χ1n) is 5.68. The monoisotopic (exact) mass is 252 g/mol. The predicted molar refractivity (Wildman–Crippen MR) is 67.7 cm³/mol. The third-order valence-electron chi connectivity index (χ3n) is 2.80. The fourth-order valence-electron chi connectivity index (χ4n) is 1.68. The summed E-state index contributed by atoms with van der Waals surface area (Å²) in [6.07, 6.45) is 0.474. The largest absolute Gasteiger partial charge is 0.481 e. The number of hydrogen-bond donors (Lipinski definition) is 2. The molecule has 0 saturated carbocycles. The third kappa shape index (κ3) is 3.19. The molecule has 0 bridgehead atoms. The van der Waals surface area contributed by atoms with Gasteiger partial charge in [-0.25, -0.2) is 0 Å². The molecule has 0 aliphatic heterocycles. The molecule has 1 rings (SSSR count). The molecule has 0 aromatic heterocycles. The SMILES string of the molecule is CCC(CNc1cccc(C)c1[N+](=O)[O-])C(=O)O. The zero-order valence-corrected chi connectivity index (χ0v) is 10.3. The molecular weight excluding hydrogens is 236 g/mol. The third-order valence-corrected chi connectivity index (χ3v) is 2.80. The van der Waals surface area contributed by atoms with E-state index in [1.165, 1.54) is 0 Å². The highest BCUT2D eigenvalue weighted by Gasteiger charge is 2.19. The van der Waals surface area contributed by atoms with Crippen molar-refractivity contribution in [1.29, 1.82) is 0 Å². The summed E-state index contributed by atoms with van der Waals surface area (Å²) >= 11 is 0. The van der Waals surface area contributed by atoms with E-state index in [9.17, 15) is 14.9 Å². The number of carboxylic acids is 1. The molecule has 1 aromatic rings. The molecule has 1 atom stereocenters. The minimum atomic E-state index is -0.902. The molecule has 0 amide bonds. The number of para-hydroxylation sites is 1. The lowest BCUT2D eigenvalue weighted by Gasteiger charge is -2.12. The smallest absolute Gasteiger partial charge is 0.308 e. The Balaban J connectivity index is 2.88. The van der Waals surface area contributed by atoms with Crippen molar-refractivity contribution >= 4 is 17.3 Å². The van der Waals surface area contributed by atoms with Crippen molar-refractivity contribution in [3.05, 3.63) is 33.9 Å². The van der Waals surface area contributed by atoms with E-state index in [2.05, 4.69) is 5.32 Å². The van der Waals surface area contributed by atoms with Crippen LogP contribution in [0.4, 0.5) is 11.4 Å². The van der Waals surface area contributed by atoms with Crippen molar-refractivity contribution in [2.45, 2.75) is 20.3 Å². The minimum Gasteiger partial charge on any atom is -0.481 e. The first-order valence-corrected chi connectivity index (χ1v) is 5.68. The number of nitrogens with zero attached hydrogens (tertiary/aromatic N) is 1. The zero-order chi connectivity index (χ0) is 13.7. The second-order valence-corrected chi connectivity index (χ2v) is 4.05. The molecule has 6 heteroatoms. The van der Waals surface area contributed by atoms with Crippen LogP contribution in [0, 0.1) is 23.0 Å². The zero-order valence-electron chi connectivity index (χ0n) is 10.3. The second-order valence-electron chi connectivity index (χ2n) is 4.05. The molecule has 0 fully saturated rings. The van der Waals surface area contributed by atoms with Crippen molar-refractivity contribution in [1.82, 2.24) is 0 Å². The summed E-state index contributed by atoms with van der Waals surface area (Å²) in [4.78, 5) is 21.3. The van der Waals surface area contributed by atoms with E-state index in [4.69, 9.17) is 5.11 Å². The van der Waals surface area contributed by atoms with E-state index in [0.29, 0.717) is 17.7 Å². The predicted octanol–water partition coefficient (Wildman–Crippen LogP) is 2.43. The molecule has 2 N–H and O–H groups in total. The van der Waals surface area contributed by atoms with Crippen LogP contribution < -0.4 is 5.32 Å². The van der Waals surface area contributed by atoms with Gasteiger partial charge >= 0.3 is 5.97 Å². The van der Waals surface area contributed by atoms with Crippen LogP contribution >= 0.6 is 0 Å². The summed E-state index contributed by atoms with van der Waals surface area (Å²) < 4.78 is 0. The van der Waals surface area contributed by atoms with Crippen molar-refractivity contribution in [3.63, 3.8) is 0 Å². The topological polar surface area (TPSA) is 92.5 Å². The first kappa shape index (κ1) is 14.0. The number of nitrogens with one attached hydrogen (secondary N) is 1. The van der Waals surface area contributed by atoms with Crippen LogP contribution in [-0.4, -0.2) is 22.5 Å². The van der Waals surface area contributed by atoms with E-state index in [-0.39, 0.29) is 12.2 Å². The van der Waals surface area contributed by atoms with Gasteiger partial charge < -0.3 is 10.4 Å². The Morgan fingerprint density at radius 1 is 1.56 bits per heavy atom. The first-order chi connectivity index (χ1) is 8.47. The normalized spacial score (nSPS) is 11.9. The van der Waals surface area contributed by atoms with E-state index < -0.39 is 16.8 Å². The molecule has 1 aromatic carbocycles. The van der Waals surface area contributed by atoms with Gasteiger partial charge in [0, 0.05) is 12.1 Å². The molecule has 0 spiro atoms. The van der Waals surface area contributed by atoms with Crippen molar-refractivity contribution < 1.29 is 14.8 Å². The number of carbonyl (C=O) groups is 1. The summed E-state index contributed by atoms with van der Waals surface area (Å²) in [7, 11) is 0. The van der Waals surface area contributed by atoms with Gasteiger partial charge in [-0.05, 0) is 19.4 Å².